The van der Waals surface area contributed by atoms with Gasteiger partial charge in [-0.2, -0.15) is 0 Å². The van der Waals surface area contributed by atoms with Crippen molar-refractivity contribution >= 4 is 32.8 Å². The maximum atomic E-state index is 9.33. The van der Waals surface area contributed by atoms with Crippen LogP contribution in [0.5, 0.6) is 11.5 Å². The van der Waals surface area contributed by atoms with Crippen LogP contribution >= 0.6 is 0 Å². The van der Waals surface area contributed by atoms with E-state index in [1.54, 1.807) is 16.7 Å². The van der Waals surface area contributed by atoms with E-state index in [-0.39, 0.29) is 38.8 Å². The van der Waals surface area contributed by atoms with E-state index < -0.39 is 65.8 Å². The summed E-state index contributed by atoms with van der Waals surface area (Å²) in [6.07, 6.45) is 5.42. The molecule has 7 aromatic carbocycles. The summed E-state index contributed by atoms with van der Waals surface area (Å²) >= 11 is 0. The number of imidazole rings is 1. The molecule has 65 heavy (non-hydrogen) atoms. The second-order valence-electron chi connectivity index (χ2n) is 19.7. The fraction of sp³-hybridized carbons (Fsp3) is 0.200. The third-order valence-corrected chi connectivity index (χ3v) is 12.1. The molecule has 0 aliphatic heterocycles. The lowest BCUT2D eigenvalue weighted by Gasteiger charge is -2.25. The largest absolute Gasteiger partial charge is 0.458 e. The van der Waals surface area contributed by atoms with Gasteiger partial charge in [0.05, 0.1) is 47.1 Å². The Labute approximate surface area is 397 Å². The molecule has 10 aromatic rings. The number of pyridine rings is 1. The Morgan fingerprint density at radius 3 is 1.82 bits per heavy atom. The molecule has 0 aliphatic carbocycles. The van der Waals surface area contributed by atoms with Crippen LogP contribution in [0.15, 0.2) is 176 Å². The Morgan fingerprint density at radius 2 is 1.15 bits per heavy atom. The first kappa shape index (κ1) is 31.6. The van der Waals surface area contributed by atoms with Crippen LogP contribution in [-0.4, -0.2) is 14.1 Å². The van der Waals surface area contributed by atoms with Crippen molar-refractivity contribution in [2.45, 2.75) is 78.6 Å². The SMILES string of the molecule is [2H]c1c([2H])c([2H])c(-c2cc(C(C)(C)C)cc(-c3c([2H])c([2H])c([2H])c([2H])c3[2H])c2-[n+]2[c-]n(-c3cccc(Oc4ccc5c6ccccc6n(-c6cc(C(C)(C)C)ccn6)c5c4)c3)c3ccc(C(C)(C)C)cc32)c([2H])c1[2H]. The number of ether oxygens (including phenoxy) is 1. The van der Waals surface area contributed by atoms with E-state index in [1.165, 1.54) is 0 Å². The van der Waals surface area contributed by atoms with Gasteiger partial charge < -0.3 is 4.74 Å². The van der Waals surface area contributed by atoms with Crippen molar-refractivity contribution in [1.82, 2.24) is 14.1 Å². The number of fused-ring (bicyclic) bond motifs is 4. The number of para-hydroxylation sites is 1. The zero-order valence-electron chi connectivity index (χ0n) is 48.2. The highest BCUT2D eigenvalue weighted by Crippen LogP contribution is 2.40. The van der Waals surface area contributed by atoms with Crippen molar-refractivity contribution in [2.75, 3.05) is 0 Å². The lowest BCUT2D eigenvalue weighted by Crippen LogP contribution is -2.32. The first-order valence-electron chi connectivity index (χ1n) is 26.9. The normalized spacial score (nSPS) is 14.5. The fourth-order valence-corrected chi connectivity index (χ4v) is 8.48. The summed E-state index contributed by atoms with van der Waals surface area (Å²) in [5.41, 5.74) is 5.81. The fourth-order valence-electron chi connectivity index (χ4n) is 8.48. The van der Waals surface area contributed by atoms with Crippen molar-refractivity contribution in [2.24, 2.45) is 0 Å². The van der Waals surface area contributed by atoms with Crippen molar-refractivity contribution in [3.8, 4) is 50.9 Å². The number of hydrogen-bond acceptors (Lipinski definition) is 2. The van der Waals surface area contributed by atoms with Crippen LogP contribution in [0.2, 0.25) is 0 Å². The summed E-state index contributed by atoms with van der Waals surface area (Å²) in [5.74, 6) is 1.90. The molecule has 0 atom stereocenters. The van der Waals surface area contributed by atoms with E-state index in [2.05, 4.69) is 82.8 Å². The molecule has 10 rings (SSSR count). The highest BCUT2D eigenvalue weighted by molar-refractivity contribution is 6.09. The number of aromatic nitrogens is 4. The van der Waals surface area contributed by atoms with E-state index >= 15 is 0 Å². The first-order chi connectivity index (χ1) is 35.3. The van der Waals surface area contributed by atoms with E-state index in [0.717, 1.165) is 38.8 Å². The van der Waals surface area contributed by atoms with E-state index in [1.807, 2.05) is 98.3 Å². The Kier molecular flexibility index (Phi) is 7.67. The van der Waals surface area contributed by atoms with Crippen molar-refractivity contribution in [1.29, 1.82) is 0 Å². The summed E-state index contributed by atoms with van der Waals surface area (Å²) in [7, 11) is 0. The molecule has 0 amide bonds. The third-order valence-electron chi connectivity index (χ3n) is 12.1. The topological polar surface area (TPSA) is 35.9 Å². The van der Waals surface area contributed by atoms with Crippen LogP contribution in [-0.2, 0) is 16.2 Å². The smallest absolute Gasteiger partial charge is 0.269 e. The van der Waals surface area contributed by atoms with E-state index in [4.69, 9.17) is 17.9 Å². The molecule has 0 bridgehead atoms. The molecule has 0 saturated carbocycles. The minimum absolute atomic E-state index is 0.0947. The first-order valence-corrected chi connectivity index (χ1v) is 21.9. The standard InChI is InChI=1S/C60H56N4O/c1-58(2,3)42-27-30-53-55(35-42)63(57-50(40-19-12-10-13-20-40)33-44(60(7,8)9)34-51(57)41-21-14-11-15-22-41)39-62(53)45-23-18-24-46(37-45)65-47-28-29-49-48-25-16-17-26-52(48)64(54(49)38-47)56-36-43(31-32-61-56)59(4,5)6/h10-38H,1-9H3/i10D,11D,12D,13D,14D,15D,19D,20D,21D,22D. The molecule has 0 fully saturated rings. The average molecular weight is 859 g/mol. The monoisotopic (exact) mass is 859 g/mol. The van der Waals surface area contributed by atoms with Crippen molar-refractivity contribution < 1.29 is 23.0 Å². The molecule has 3 aromatic heterocycles. The molecule has 3 heterocycles. The van der Waals surface area contributed by atoms with Crippen LogP contribution < -0.4 is 9.30 Å². The van der Waals surface area contributed by atoms with E-state index in [9.17, 15) is 5.48 Å². The van der Waals surface area contributed by atoms with Crippen LogP contribution in [0.4, 0.5) is 0 Å². The summed E-state index contributed by atoms with van der Waals surface area (Å²) in [6.45, 7) is 18.7. The molecule has 0 saturated heterocycles. The van der Waals surface area contributed by atoms with Crippen molar-refractivity contribution in [3.05, 3.63) is 199 Å². The number of hydrogen-bond donors (Lipinski definition) is 0. The van der Waals surface area contributed by atoms with E-state index in [0.29, 0.717) is 33.8 Å². The second-order valence-corrected chi connectivity index (χ2v) is 19.7. The van der Waals surface area contributed by atoms with Crippen LogP contribution in [0, 0.1) is 6.33 Å². The molecule has 0 N–H and O–H groups in total. The molecular weight excluding hydrogens is 793 g/mol. The van der Waals surface area contributed by atoms with Gasteiger partial charge in [0, 0.05) is 23.0 Å². The maximum absolute atomic E-state index is 9.33. The Balaban J connectivity index is 1.23. The molecule has 5 heteroatoms. The van der Waals surface area contributed by atoms with Gasteiger partial charge in [-0.3, -0.25) is 13.7 Å². The average Bonchev–Trinajstić information content (AvgIpc) is 3.93. The molecule has 0 spiro atoms. The lowest BCUT2D eigenvalue weighted by atomic mass is 9.82. The highest BCUT2D eigenvalue weighted by Gasteiger charge is 2.26. The van der Waals surface area contributed by atoms with Gasteiger partial charge in [0.25, 0.3) is 6.33 Å². The Bertz CT molecular complexity index is 3860. The van der Waals surface area contributed by atoms with Gasteiger partial charge in [0.1, 0.15) is 17.3 Å². The van der Waals surface area contributed by atoms with Gasteiger partial charge in [-0.15, -0.1) is 0 Å². The zero-order valence-corrected chi connectivity index (χ0v) is 38.2. The predicted octanol–water partition coefficient (Wildman–Crippen LogP) is 15.2. The van der Waals surface area contributed by atoms with Crippen molar-refractivity contribution in [3.63, 3.8) is 0 Å². The maximum Gasteiger partial charge on any atom is 0.269 e. The molecule has 0 aliphatic rings. The predicted molar refractivity (Wildman–Crippen MR) is 269 cm³/mol. The zero-order chi connectivity index (χ0) is 54.0. The summed E-state index contributed by atoms with van der Waals surface area (Å²) in [6, 6.07) is 30.5. The van der Waals surface area contributed by atoms with Gasteiger partial charge in [-0.25, -0.2) is 4.98 Å². The van der Waals surface area contributed by atoms with Gasteiger partial charge in [0.2, 0.25) is 0 Å². The lowest BCUT2D eigenvalue weighted by molar-refractivity contribution is -0.571. The molecular formula is C60H56N4O. The quantitative estimate of drug-likeness (QED) is 0.118. The minimum atomic E-state index is -0.639. The Morgan fingerprint density at radius 1 is 0.538 bits per heavy atom. The third kappa shape index (κ3) is 7.80. The number of benzene rings is 7. The van der Waals surface area contributed by atoms with Crippen LogP contribution in [0.3, 0.4) is 0 Å². The molecule has 0 radical (unpaired) electrons. The Hall–Kier alpha value is -7.24. The molecule has 5 nitrogen and oxygen atoms in total. The number of rotatable bonds is 7. The minimum Gasteiger partial charge on any atom is -0.458 e. The van der Waals surface area contributed by atoms with Gasteiger partial charge in [-0.05, 0) is 110 Å². The number of nitrogens with zero attached hydrogens (tertiary/aromatic N) is 4. The van der Waals surface area contributed by atoms with Crippen LogP contribution in [0.1, 0.15) is 92.7 Å². The van der Waals surface area contributed by atoms with Crippen LogP contribution in [0.25, 0.3) is 72.3 Å². The highest BCUT2D eigenvalue weighted by atomic mass is 16.5. The van der Waals surface area contributed by atoms with Gasteiger partial charge in [0.15, 0.2) is 0 Å². The summed E-state index contributed by atoms with van der Waals surface area (Å²) in [5, 5.41) is 2.13. The summed E-state index contributed by atoms with van der Waals surface area (Å²) < 4.78 is 102. The second kappa shape index (κ2) is 15.8. The molecule has 322 valence electrons. The summed E-state index contributed by atoms with van der Waals surface area (Å²) in [4.78, 5) is 4.85. The molecule has 0 unspecified atom stereocenters. The van der Waals surface area contributed by atoms with Gasteiger partial charge in [-0.1, -0.05) is 171 Å². The van der Waals surface area contributed by atoms with Gasteiger partial charge >= 0.3 is 0 Å².